The maximum Gasteiger partial charge on any atom is 0.190 e. The molecule has 28 heavy (non-hydrogen) atoms. The zero-order valence-corrected chi connectivity index (χ0v) is 17.4. The van der Waals surface area contributed by atoms with E-state index < -0.39 is 0 Å². The summed E-state index contributed by atoms with van der Waals surface area (Å²) in [6.45, 7) is 3.76. The number of nitrogens with zero attached hydrogens (tertiary/aromatic N) is 2. The Morgan fingerprint density at radius 1 is 1.18 bits per heavy atom. The summed E-state index contributed by atoms with van der Waals surface area (Å²) < 4.78 is 5.50. The van der Waals surface area contributed by atoms with Gasteiger partial charge < -0.3 is 20.3 Å². The maximum absolute atomic E-state index is 6.22. The molecule has 1 aliphatic rings. The molecule has 0 bridgehead atoms. The number of hydrogen-bond acceptors (Lipinski definition) is 3. The lowest BCUT2D eigenvalue weighted by molar-refractivity contribution is 0.414. The molecule has 0 aliphatic carbocycles. The largest absolute Gasteiger partial charge is 0.495 e. The number of ether oxygens (including phenoxy) is 1. The molecule has 5 nitrogen and oxygen atoms in total. The molecule has 2 aromatic carbocycles. The van der Waals surface area contributed by atoms with Crippen molar-refractivity contribution in [3.8, 4) is 5.75 Å². The minimum absolute atomic E-state index is 0.576. The number of nitrogens with one attached hydrogen (secondary N) is 2. The van der Waals surface area contributed by atoms with Crippen molar-refractivity contribution in [3.63, 3.8) is 0 Å². The van der Waals surface area contributed by atoms with Gasteiger partial charge in [-0.3, -0.25) is 4.99 Å². The fourth-order valence-corrected chi connectivity index (χ4v) is 3.82. The van der Waals surface area contributed by atoms with Gasteiger partial charge >= 0.3 is 0 Å². The van der Waals surface area contributed by atoms with E-state index in [9.17, 15) is 0 Å². The molecule has 2 aromatic rings. The van der Waals surface area contributed by atoms with E-state index in [4.69, 9.17) is 16.3 Å². The van der Waals surface area contributed by atoms with Crippen LogP contribution in [-0.4, -0.2) is 46.3 Å². The molecular formula is C22H29ClN4O. The Balaban J connectivity index is 1.44. The highest BCUT2D eigenvalue weighted by Crippen LogP contribution is 2.31. The van der Waals surface area contributed by atoms with Gasteiger partial charge in [0.25, 0.3) is 0 Å². The minimum atomic E-state index is 0.576. The SMILES string of the molecule is CN=C(NCCc1ccccc1Cl)NCC1CCN(c2ccccc2OC)C1. The molecule has 2 N–H and O–H groups in total. The molecule has 0 amide bonds. The molecule has 3 rings (SSSR count). The van der Waals surface area contributed by atoms with E-state index in [1.807, 2.05) is 30.3 Å². The number of rotatable bonds is 7. The molecule has 1 saturated heterocycles. The van der Waals surface area contributed by atoms with Gasteiger partial charge in [0.15, 0.2) is 5.96 Å². The molecule has 0 aromatic heterocycles. The monoisotopic (exact) mass is 400 g/mol. The number of aliphatic imine (C=N–C) groups is 1. The van der Waals surface area contributed by atoms with Gasteiger partial charge in [0.2, 0.25) is 0 Å². The third-order valence-electron chi connectivity index (χ3n) is 5.14. The summed E-state index contributed by atoms with van der Waals surface area (Å²) in [5.74, 6) is 2.35. The molecule has 1 fully saturated rings. The molecular weight excluding hydrogens is 372 g/mol. The molecule has 150 valence electrons. The van der Waals surface area contributed by atoms with Crippen molar-refractivity contribution in [2.75, 3.05) is 45.2 Å². The quantitative estimate of drug-likeness (QED) is 0.551. The summed E-state index contributed by atoms with van der Waals surface area (Å²) in [6.07, 6.45) is 2.02. The lowest BCUT2D eigenvalue weighted by Gasteiger charge is -2.21. The highest BCUT2D eigenvalue weighted by molar-refractivity contribution is 6.31. The first kappa shape index (κ1) is 20.3. The van der Waals surface area contributed by atoms with Crippen LogP contribution in [0.1, 0.15) is 12.0 Å². The standard InChI is InChI=1S/C22H29ClN4O/c1-24-22(25-13-11-18-7-3-4-8-19(18)23)26-15-17-12-14-27(16-17)20-9-5-6-10-21(20)28-2/h3-10,17H,11-16H2,1-2H3,(H2,24,25,26). The summed E-state index contributed by atoms with van der Waals surface area (Å²) in [4.78, 5) is 6.74. The first-order valence-electron chi connectivity index (χ1n) is 9.77. The minimum Gasteiger partial charge on any atom is -0.495 e. The fraction of sp³-hybridized carbons (Fsp3) is 0.409. The van der Waals surface area contributed by atoms with Gasteiger partial charge in [-0.05, 0) is 42.5 Å². The number of hydrogen-bond donors (Lipinski definition) is 2. The second-order valence-corrected chi connectivity index (χ2v) is 7.40. The van der Waals surface area contributed by atoms with Crippen molar-refractivity contribution in [3.05, 3.63) is 59.1 Å². The van der Waals surface area contributed by atoms with E-state index in [0.29, 0.717) is 5.92 Å². The van der Waals surface area contributed by atoms with Gasteiger partial charge in [0, 0.05) is 38.2 Å². The third kappa shape index (κ3) is 5.32. The summed E-state index contributed by atoms with van der Waals surface area (Å²) >= 11 is 6.22. The van der Waals surface area contributed by atoms with E-state index in [2.05, 4.69) is 38.7 Å². The third-order valence-corrected chi connectivity index (χ3v) is 5.51. The molecule has 1 aliphatic heterocycles. The lowest BCUT2D eigenvalue weighted by Crippen LogP contribution is -2.41. The number of halogens is 1. The molecule has 0 spiro atoms. The Hall–Kier alpha value is -2.40. The van der Waals surface area contributed by atoms with Gasteiger partial charge in [-0.15, -0.1) is 0 Å². The van der Waals surface area contributed by atoms with Crippen LogP contribution >= 0.6 is 11.6 Å². The van der Waals surface area contributed by atoms with Crippen LogP contribution in [0.5, 0.6) is 5.75 Å². The Labute approximate surface area is 172 Å². The summed E-state index contributed by atoms with van der Waals surface area (Å²) in [5.41, 5.74) is 2.32. The maximum atomic E-state index is 6.22. The Kier molecular flexibility index (Phi) is 7.43. The molecule has 0 saturated carbocycles. The van der Waals surface area contributed by atoms with Gasteiger partial charge in [0.05, 0.1) is 12.8 Å². The summed E-state index contributed by atoms with van der Waals surface area (Å²) in [6, 6.07) is 16.2. The Morgan fingerprint density at radius 3 is 2.75 bits per heavy atom. The molecule has 6 heteroatoms. The van der Waals surface area contributed by atoms with Crippen molar-refractivity contribution in [1.29, 1.82) is 0 Å². The first-order valence-corrected chi connectivity index (χ1v) is 10.1. The predicted molar refractivity (Wildman–Crippen MR) is 118 cm³/mol. The number of guanidine groups is 1. The zero-order valence-electron chi connectivity index (χ0n) is 16.6. The van der Waals surface area contributed by atoms with E-state index in [0.717, 1.165) is 61.3 Å². The van der Waals surface area contributed by atoms with Crippen molar-refractivity contribution >= 4 is 23.2 Å². The predicted octanol–water partition coefficient (Wildman–Crippen LogP) is 3.58. The molecule has 1 atom stereocenters. The Morgan fingerprint density at radius 2 is 1.96 bits per heavy atom. The van der Waals surface area contributed by atoms with Crippen LogP contribution in [0.25, 0.3) is 0 Å². The highest BCUT2D eigenvalue weighted by Gasteiger charge is 2.24. The van der Waals surface area contributed by atoms with E-state index >= 15 is 0 Å². The molecule has 1 unspecified atom stereocenters. The van der Waals surface area contributed by atoms with Crippen LogP contribution in [0.15, 0.2) is 53.5 Å². The number of methoxy groups -OCH3 is 1. The molecule has 1 heterocycles. The topological polar surface area (TPSA) is 48.9 Å². The smallest absolute Gasteiger partial charge is 0.190 e. The second kappa shape index (κ2) is 10.2. The van der Waals surface area contributed by atoms with Crippen LogP contribution in [0.3, 0.4) is 0 Å². The van der Waals surface area contributed by atoms with E-state index in [1.54, 1.807) is 14.2 Å². The van der Waals surface area contributed by atoms with Crippen molar-refractivity contribution in [1.82, 2.24) is 10.6 Å². The van der Waals surface area contributed by atoms with Crippen LogP contribution < -0.4 is 20.3 Å². The normalized spacial score (nSPS) is 16.9. The fourth-order valence-electron chi connectivity index (χ4n) is 3.59. The van der Waals surface area contributed by atoms with Gasteiger partial charge in [-0.1, -0.05) is 41.9 Å². The van der Waals surface area contributed by atoms with Gasteiger partial charge in [-0.2, -0.15) is 0 Å². The van der Waals surface area contributed by atoms with E-state index in [1.165, 1.54) is 5.69 Å². The van der Waals surface area contributed by atoms with Crippen LogP contribution in [0.2, 0.25) is 5.02 Å². The van der Waals surface area contributed by atoms with Crippen LogP contribution in [0, 0.1) is 5.92 Å². The lowest BCUT2D eigenvalue weighted by atomic mass is 10.1. The number of para-hydroxylation sites is 2. The Bertz CT molecular complexity index is 796. The highest BCUT2D eigenvalue weighted by atomic mass is 35.5. The van der Waals surface area contributed by atoms with Gasteiger partial charge in [-0.25, -0.2) is 0 Å². The first-order chi connectivity index (χ1) is 13.7. The zero-order chi connectivity index (χ0) is 19.8. The van der Waals surface area contributed by atoms with Crippen molar-refractivity contribution in [2.45, 2.75) is 12.8 Å². The number of benzene rings is 2. The number of anilines is 1. The van der Waals surface area contributed by atoms with Crippen molar-refractivity contribution in [2.24, 2.45) is 10.9 Å². The van der Waals surface area contributed by atoms with Gasteiger partial charge in [0.1, 0.15) is 5.75 Å². The summed E-state index contributed by atoms with van der Waals surface area (Å²) in [5, 5.41) is 7.65. The average molecular weight is 401 g/mol. The second-order valence-electron chi connectivity index (χ2n) is 6.99. The van der Waals surface area contributed by atoms with Crippen LogP contribution in [-0.2, 0) is 6.42 Å². The molecule has 0 radical (unpaired) electrons. The van der Waals surface area contributed by atoms with Crippen LogP contribution in [0.4, 0.5) is 5.69 Å². The van der Waals surface area contributed by atoms with E-state index in [-0.39, 0.29) is 0 Å². The van der Waals surface area contributed by atoms with Crippen molar-refractivity contribution < 1.29 is 4.74 Å². The summed E-state index contributed by atoms with van der Waals surface area (Å²) in [7, 11) is 3.53. The average Bonchev–Trinajstić information content (AvgIpc) is 3.20.